The van der Waals surface area contributed by atoms with Crippen LogP contribution in [0.4, 0.5) is 0 Å². The van der Waals surface area contributed by atoms with Crippen LogP contribution in [0, 0.1) is 29.1 Å². The van der Waals surface area contributed by atoms with Crippen LogP contribution in [0.1, 0.15) is 58.3 Å². The second kappa shape index (κ2) is 7.87. The van der Waals surface area contributed by atoms with Crippen molar-refractivity contribution in [1.29, 1.82) is 5.26 Å². The molecular formula is C16H29N3. The molecule has 3 nitrogen and oxygen atoms in total. The molecule has 0 radical (unpaired) electrons. The van der Waals surface area contributed by atoms with E-state index in [1.807, 2.05) is 0 Å². The molecule has 1 heterocycles. The molecule has 2 fully saturated rings. The molecule has 1 saturated heterocycles. The topological polar surface area (TPSA) is 47.9 Å². The van der Waals surface area contributed by atoms with Gasteiger partial charge in [-0.15, -0.1) is 0 Å². The third-order valence-electron chi connectivity index (χ3n) is 4.89. The van der Waals surface area contributed by atoms with Crippen LogP contribution >= 0.6 is 0 Å². The standard InChI is InChI=1S/C16H29N3/c1-2-3-4-5-14-11-18-16(19-12-14)15-8-6-13(10-17)7-9-15/h13-16,18-19H,2-9,11-12H2,1H3. The van der Waals surface area contributed by atoms with Gasteiger partial charge in [-0.25, -0.2) is 0 Å². The van der Waals surface area contributed by atoms with Gasteiger partial charge in [-0.05, 0) is 43.9 Å². The molecule has 0 unspecified atom stereocenters. The monoisotopic (exact) mass is 263 g/mol. The molecule has 108 valence electrons. The van der Waals surface area contributed by atoms with Crippen molar-refractivity contribution < 1.29 is 0 Å². The van der Waals surface area contributed by atoms with Crippen LogP contribution in [0.25, 0.3) is 0 Å². The van der Waals surface area contributed by atoms with Crippen molar-refractivity contribution in [1.82, 2.24) is 10.6 Å². The highest BCUT2D eigenvalue weighted by molar-refractivity contribution is 4.91. The number of nitrogens with zero attached hydrogens (tertiary/aromatic N) is 1. The average molecular weight is 263 g/mol. The van der Waals surface area contributed by atoms with Gasteiger partial charge in [0.25, 0.3) is 0 Å². The van der Waals surface area contributed by atoms with Crippen LogP contribution in [0.2, 0.25) is 0 Å². The van der Waals surface area contributed by atoms with Crippen molar-refractivity contribution in [3.8, 4) is 6.07 Å². The van der Waals surface area contributed by atoms with Gasteiger partial charge >= 0.3 is 0 Å². The van der Waals surface area contributed by atoms with E-state index < -0.39 is 0 Å². The highest BCUT2D eigenvalue weighted by Gasteiger charge is 2.30. The molecule has 1 aliphatic heterocycles. The van der Waals surface area contributed by atoms with E-state index in [1.54, 1.807) is 0 Å². The fourth-order valence-corrected chi connectivity index (χ4v) is 3.53. The van der Waals surface area contributed by atoms with Crippen LogP contribution in [0.15, 0.2) is 0 Å². The summed E-state index contributed by atoms with van der Waals surface area (Å²) < 4.78 is 0. The zero-order valence-electron chi connectivity index (χ0n) is 12.3. The Bertz CT molecular complexity index is 281. The first-order valence-corrected chi connectivity index (χ1v) is 8.19. The first-order chi connectivity index (χ1) is 9.33. The van der Waals surface area contributed by atoms with E-state index in [1.165, 1.54) is 51.6 Å². The third-order valence-corrected chi connectivity index (χ3v) is 4.89. The van der Waals surface area contributed by atoms with Gasteiger partial charge in [-0.3, -0.25) is 0 Å². The Morgan fingerprint density at radius 1 is 1.05 bits per heavy atom. The highest BCUT2D eigenvalue weighted by atomic mass is 15.2. The lowest BCUT2D eigenvalue weighted by atomic mass is 9.80. The van der Waals surface area contributed by atoms with Crippen molar-refractivity contribution in [2.45, 2.75) is 64.5 Å². The Morgan fingerprint density at radius 3 is 2.32 bits per heavy atom. The van der Waals surface area contributed by atoms with Gasteiger partial charge in [-0.1, -0.05) is 26.2 Å². The number of hydrogen-bond acceptors (Lipinski definition) is 3. The summed E-state index contributed by atoms with van der Waals surface area (Å²) in [5, 5.41) is 16.4. The maximum atomic E-state index is 8.94. The van der Waals surface area contributed by atoms with Crippen molar-refractivity contribution in [2.24, 2.45) is 17.8 Å². The lowest BCUT2D eigenvalue weighted by Gasteiger charge is -2.38. The third kappa shape index (κ3) is 4.47. The molecular weight excluding hydrogens is 234 g/mol. The van der Waals surface area contributed by atoms with E-state index in [0.717, 1.165) is 24.7 Å². The molecule has 19 heavy (non-hydrogen) atoms. The predicted octanol–water partition coefficient (Wildman–Crippen LogP) is 3.03. The minimum Gasteiger partial charge on any atom is -0.301 e. The predicted molar refractivity (Wildman–Crippen MR) is 78.5 cm³/mol. The summed E-state index contributed by atoms with van der Waals surface area (Å²) in [6.45, 7) is 4.63. The van der Waals surface area contributed by atoms with Crippen molar-refractivity contribution in [3.05, 3.63) is 0 Å². The largest absolute Gasteiger partial charge is 0.301 e. The molecule has 1 aliphatic carbocycles. The quantitative estimate of drug-likeness (QED) is 0.750. The first kappa shape index (κ1) is 14.8. The Balaban J connectivity index is 1.65. The van der Waals surface area contributed by atoms with Gasteiger partial charge in [0.05, 0.1) is 12.2 Å². The van der Waals surface area contributed by atoms with Gasteiger partial charge in [0.1, 0.15) is 0 Å². The second-order valence-electron chi connectivity index (χ2n) is 6.40. The molecule has 3 heteroatoms. The maximum Gasteiger partial charge on any atom is 0.0655 e. The van der Waals surface area contributed by atoms with Crippen LogP contribution in [0.3, 0.4) is 0 Å². The van der Waals surface area contributed by atoms with Gasteiger partial charge in [0.2, 0.25) is 0 Å². The van der Waals surface area contributed by atoms with Crippen LogP contribution in [-0.2, 0) is 0 Å². The summed E-state index contributed by atoms with van der Waals surface area (Å²) in [5.41, 5.74) is 0. The van der Waals surface area contributed by atoms with Crippen molar-refractivity contribution in [2.75, 3.05) is 13.1 Å². The Hall–Kier alpha value is -0.590. The summed E-state index contributed by atoms with van der Waals surface area (Å²) in [7, 11) is 0. The molecule has 2 rings (SSSR count). The average Bonchev–Trinajstić information content (AvgIpc) is 2.48. The fourth-order valence-electron chi connectivity index (χ4n) is 3.53. The zero-order valence-corrected chi connectivity index (χ0v) is 12.3. The Morgan fingerprint density at radius 2 is 1.74 bits per heavy atom. The second-order valence-corrected chi connectivity index (χ2v) is 6.40. The summed E-state index contributed by atoms with van der Waals surface area (Å²) in [5.74, 6) is 1.88. The zero-order chi connectivity index (χ0) is 13.5. The van der Waals surface area contributed by atoms with Gasteiger partial charge < -0.3 is 10.6 Å². The molecule has 0 atom stereocenters. The number of unbranched alkanes of at least 4 members (excludes halogenated alkanes) is 2. The van der Waals surface area contributed by atoms with Gasteiger partial charge in [-0.2, -0.15) is 5.26 Å². The summed E-state index contributed by atoms with van der Waals surface area (Å²) >= 11 is 0. The lowest BCUT2D eigenvalue weighted by Crippen LogP contribution is -2.56. The van der Waals surface area contributed by atoms with Gasteiger partial charge in [0.15, 0.2) is 0 Å². The fraction of sp³-hybridized carbons (Fsp3) is 0.938. The van der Waals surface area contributed by atoms with Crippen LogP contribution in [0.5, 0.6) is 0 Å². The number of nitrogens with one attached hydrogen (secondary N) is 2. The number of rotatable bonds is 5. The van der Waals surface area contributed by atoms with E-state index >= 15 is 0 Å². The summed E-state index contributed by atoms with van der Waals surface area (Å²) in [6.07, 6.45) is 10.6. The molecule has 1 saturated carbocycles. The number of nitriles is 1. The van der Waals surface area contributed by atoms with Crippen molar-refractivity contribution >= 4 is 0 Å². The van der Waals surface area contributed by atoms with Crippen LogP contribution in [-0.4, -0.2) is 19.3 Å². The lowest BCUT2D eigenvalue weighted by molar-refractivity contribution is 0.172. The van der Waals surface area contributed by atoms with Crippen LogP contribution < -0.4 is 10.6 Å². The summed E-state index contributed by atoms with van der Waals surface area (Å²) in [6, 6.07) is 2.42. The molecule has 0 bridgehead atoms. The molecule has 2 aliphatic rings. The van der Waals surface area contributed by atoms with E-state index in [4.69, 9.17) is 5.26 Å². The van der Waals surface area contributed by atoms with E-state index in [0.29, 0.717) is 12.1 Å². The SMILES string of the molecule is CCCCCC1CNC(C2CCC(C#N)CC2)NC1. The van der Waals surface area contributed by atoms with E-state index in [9.17, 15) is 0 Å². The molecule has 0 amide bonds. The highest BCUT2D eigenvalue weighted by Crippen LogP contribution is 2.30. The molecule has 0 spiro atoms. The molecule has 2 N–H and O–H groups in total. The summed E-state index contributed by atoms with van der Waals surface area (Å²) in [4.78, 5) is 0. The normalized spacial score (nSPS) is 35.8. The minimum atomic E-state index is 0.321. The van der Waals surface area contributed by atoms with Crippen molar-refractivity contribution in [3.63, 3.8) is 0 Å². The van der Waals surface area contributed by atoms with E-state index in [2.05, 4.69) is 23.6 Å². The van der Waals surface area contributed by atoms with Gasteiger partial charge in [0, 0.05) is 19.0 Å². The molecule has 0 aromatic rings. The molecule has 0 aromatic heterocycles. The first-order valence-electron chi connectivity index (χ1n) is 8.19. The smallest absolute Gasteiger partial charge is 0.0655 e. The Labute approximate surface area is 118 Å². The minimum absolute atomic E-state index is 0.321. The molecule has 0 aromatic carbocycles. The van der Waals surface area contributed by atoms with E-state index in [-0.39, 0.29) is 0 Å². The number of hydrogen-bond donors (Lipinski definition) is 2. The Kier molecular flexibility index (Phi) is 6.13. The maximum absolute atomic E-state index is 8.94.